The minimum absolute atomic E-state index is 0. The molecule has 3 heterocycles. The van der Waals surface area contributed by atoms with Crippen LogP contribution in [-0.2, 0) is 13.1 Å². The highest BCUT2D eigenvalue weighted by atomic mass is 35.5. The SMILES string of the molecule is COc1cc(-c2cc(CN3CCN(Cc4cccnc4-c4cc(OC)c(OC)c(OC)c4)CC3)ccn2)cc(OC)c1OC.Cl.Cl.Cl.Cl. The molecule has 264 valence electrons. The maximum Gasteiger partial charge on any atom is 0.203 e. The van der Waals surface area contributed by atoms with Crippen LogP contribution in [0.15, 0.2) is 60.9 Å². The zero-order chi connectivity index (χ0) is 31.1. The Labute approximate surface area is 307 Å². The number of aromatic nitrogens is 2. The van der Waals surface area contributed by atoms with Gasteiger partial charge in [-0.15, -0.1) is 49.6 Å². The van der Waals surface area contributed by atoms with Gasteiger partial charge in [-0.1, -0.05) is 6.07 Å². The number of pyridine rings is 2. The molecule has 0 radical (unpaired) electrons. The maximum absolute atomic E-state index is 5.59. The fraction of sp³-hybridized carbons (Fsp3) is 0.353. The van der Waals surface area contributed by atoms with E-state index in [4.69, 9.17) is 33.4 Å². The van der Waals surface area contributed by atoms with Crippen molar-refractivity contribution in [1.29, 1.82) is 0 Å². The summed E-state index contributed by atoms with van der Waals surface area (Å²) in [5, 5.41) is 0. The maximum atomic E-state index is 5.59. The molecule has 10 nitrogen and oxygen atoms in total. The molecule has 1 fully saturated rings. The van der Waals surface area contributed by atoms with Crippen LogP contribution in [0.1, 0.15) is 11.1 Å². The van der Waals surface area contributed by atoms with Crippen molar-refractivity contribution in [3.8, 4) is 57.0 Å². The number of rotatable bonds is 12. The summed E-state index contributed by atoms with van der Waals surface area (Å²) in [6.45, 7) is 5.47. The Kier molecular flexibility index (Phi) is 18.0. The van der Waals surface area contributed by atoms with Gasteiger partial charge in [-0.3, -0.25) is 19.8 Å². The van der Waals surface area contributed by atoms with Crippen LogP contribution in [0, 0.1) is 0 Å². The Morgan fingerprint density at radius 1 is 0.542 bits per heavy atom. The Balaban J connectivity index is 0.00000288. The molecular formula is C34H44Cl4N4O6. The standard InChI is InChI=1S/C34H40N4O6.4ClH/c1-39-28-17-25(18-29(40-2)33(28)43-5)27-16-23(9-11-35-27)21-37-12-14-38(15-13-37)22-24-8-7-10-36-32(24)26-19-30(41-3)34(44-6)31(20-26)42-4;;;;/h7-11,16-20H,12-15,21-22H2,1-6H3;4*1H. The molecule has 0 amide bonds. The Bertz CT molecular complexity index is 1540. The number of hydrogen-bond donors (Lipinski definition) is 0. The van der Waals surface area contributed by atoms with E-state index in [1.807, 2.05) is 42.7 Å². The van der Waals surface area contributed by atoms with Crippen LogP contribution in [0.3, 0.4) is 0 Å². The summed E-state index contributed by atoms with van der Waals surface area (Å²) in [6, 6.07) is 16.1. The van der Waals surface area contributed by atoms with Crippen molar-refractivity contribution >= 4 is 49.6 Å². The molecule has 2 aromatic carbocycles. The molecule has 0 bridgehead atoms. The number of piperazine rings is 1. The van der Waals surface area contributed by atoms with Gasteiger partial charge in [0.15, 0.2) is 23.0 Å². The molecule has 0 unspecified atom stereocenters. The minimum Gasteiger partial charge on any atom is -0.493 e. The first kappa shape index (κ1) is 42.6. The number of halogens is 4. The molecule has 1 aliphatic rings. The third-order valence-corrected chi connectivity index (χ3v) is 7.88. The largest absolute Gasteiger partial charge is 0.493 e. The molecule has 1 saturated heterocycles. The van der Waals surface area contributed by atoms with Crippen molar-refractivity contribution in [2.45, 2.75) is 13.1 Å². The monoisotopic (exact) mass is 744 g/mol. The number of ether oxygens (including phenoxy) is 6. The van der Waals surface area contributed by atoms with Crippen LogP contribution < -0.4 is 28.4 Å². The molecule has 5 rings (SSSR count). The average Bonchev–Trinajstić information content (AvgIpc) is 3.08. The van der Waals surface area contributed by atoms with Crippen LogP contribution in [-0.4, -0.2) is 88.6 Å². The van der Waals surface area contributed by atoms with Crippen molar-refractivity contribution in [1.82, 2.24) is 19.8 Å². The summed E-state index contributed by atoms with van der Waals surface area (Å²) in [5.74, 6) is 3.55. The quantitative estimate of drug-likeness (QED) is 0.153. The summed E-state index contributed by atoms with van der Waals surface area (Å²) >= 11 is 0. The second kappa shape index (κ2) is 20.2. The number of benzene rings is 2. The zero-order valence-electron chi connectivity index (χ0n) is 27.9. The van der Waals surface area contributed by atoms with E-state index >= 15 is 0 Å². The second-order valence-corrected chi connectivity index (χ2v) is 10.4. The van der Waals surface area contributed by atoms with E-state index in [-0.39, 0.29) is 49.6 Å². The lowest BCUT2D eigenvalue weighted by molar-refractivity contribution is 0.122. The summed E-state index contributed by atoms with van der Waals surface area (Å²) in [7, 11) is 9.69. The van der Waals surface area contributed by atoms with Crippen LogP contribution in [0.5, 0.6) is 34.5 Å². The van der Waals surface area contributed by atoms with Gasteiger partial charge in [-0.2, -0.15) is 0 Å². The summed E-state index contributed by atoms with van der Waals surface area (Å²) in [5.41, 5.74) is 5.95. The second-order valence-electron chi connectivity index (χ2n) is 10.4. The minimum atomic E-state index is 0. The highest BCUT2D eigenvalue weighted by Crippen LogP contribution is 2.42. The predicted octanol–water partition coefficient (Wildman–Crippen LogP) is 6.87. The highest BCUT2D eigenvalue weighted by molar-refractivity contribution is 5.86. The Morgan fingerprint density at radius 2 is 1.02 bits per heavy atom. The normalized spacial score (nSPS) is 12.6. The molecule has 0 aliphatic carbocycles. The fourth-order valence-electron chi connectivity index (χ4n) is 5.61. The molecule has 0 atom stereocenters. The Hall–Kier alpha value is -3.38. The first-order valence-electron chi connectivity index (χ1n) is 14.5. The van der Waals surface area contributed by atoms with Gasteiger partial charge < -0.3 is 28.4 Å². The average molecular weight is 747 g/mol. The van der Waals surface area contributed by atoms with Crippen molar-refractivity contribution in [2.75, 3.05) is 68.8 Å². The third-order valence-electron chi connectivity index (χ3n) is 7.88. The van der Waals surface area contributed by atoms with Gasteiger partial charge in [-0.25, -0.2) is 0 Å². The number of hydrogen-bond acceptors (Lipinski definition) is 10. The van der Waals surface area contributed by atoms with E-state index in [2.05, 4.69) is 33.0 Å². The molecule has 0 saturated carbocycles. The van der Waals surface area contributed by atoms with Crippen LogP contribution in [0.2, 0.25) is 0 Å². The van der Waals surface area contributed by atoms with E-state index in [9.17, 15) is 0 Å². The van der Waals surface area contributed by atoms with Gasteiger partial charge in [0.05, 0.1) is 54.0 Å². The lowest BCUT2D eigenvalue weighted by atomic mass is 10.0. The van der Waals surface area contributed by atoms with Gasteiger partial charge in [0, 0.05) is 62.8 Å². The van der Waals surface area contributed by atoms with Gasteiger partial charge in [0.2, 0.25) is 11.5 Å². The van der Waals surface area contributed by atoms with Crippen molar-refractivity contribution in [2.24, 2.45) is 0 Å². The van der Waals surface area contributed by atoms with Crippen molar-refractivity contribution < 1.29 is 28.4 Å². The molecule has 0 N–H and O–H groups in total. The highest BCUT2D eigenvalue weighted by Gasteiger charge is 2.21. The van der Waals surface area contributed by atoms with E-state index in [1.165, 1.54) is 5.56 Å². The summed E-state index contributed by atoms with van der Waals surface area (Å²) in [4.78, 5) is 14.3. The molecule has 2 aromatic heterocycles. The lowest BCUT2D eigenvalue weighted by Gasteiger charge is -2.35. The number of methoxy groups -OCH3 is 6. The van der Waals surface area contributed by atoms with Gasteiger partial charge >= 0.3 is 0 Å². The Morgan fingerprint density at radius 3 is 1.50 bits per heavy atom. The van der Waals surface area contributed by atoms with Gasteiger partial charge in [0.25, 0.3) is 0 Å². The molecule has 1 aliphatic heterocycles. The first-order chi connectivity index (χ1) is 21.5. The first-order valence-corrected chi connectivity index (χ1v) is 14.5. The topological polar surface area (TPSA) is 87.6 Å². The molecular weight excluding hydrogens is 702 g/mol. The van der Waals surface area contributed by atoms with E-state index in [1.54, 1.807) is 42.7 Å². The zero-order valence-corrected chi connectivity index (χ0v) is 31.2. The lowest BCUT2D eigenvalue weighted by Crippen LogP contribution is -2.45. The van der Waals surface area contributed by atoms with Crippen molar-refractivity contribution in [3.05, 3.63) is 72.1 Å². The molecule has 4 aromatic rings. The van der Waals surface area contributed by atoms with Gasteiger partial charge in [0.1, 0.15) is 0 Å². The van der Waals surface area contributed by atoms with E-state index in [0.717, 1.165) is 67.3 Å². The fourth-order valence-corrected chi connectivity index (χ4v) is 5.61. The van der Waals surface area contributed by atoms with Crippen LogP contribution >= 0.6 is 49.6 Å². The van der Waals surface area contributed by atoms with Crippen LogP contribution in [0.25, 0.3) is 22.5 Å². The van der Waals surface area contributed by atoms with E-state index < -0.39 is 0 Å². The summed E-state index contributed by atoms with van der Waals surface area (Å²) in [6.07, 6.45) is 3.68. The summed E-state index contributed by atoms with van der Waals surface area (Å²) < 4.78 is 33.2. The van der Waals surface area contributed by atoms with Crippen molar-refractivity contribution in [3.63, 3.8) is 0 Å². The molecule has 48 heavy (non-hydrogen) atoms. The smallest absolute Gasteiger partial charge is 0.203 e. The predicted molar refractivity (Wildman–Crippen MR) is 198 cm³/mol. The number of nitrogens with zero attached hydrogens (tertiary/aromatic N) is 4. The van der Waals surface area contributed by atoms with E-state index in [0.29, 0.717) is 34.5 Å². The van der Waals surface area contributed by atoms with Crippen LogP contribution in [0.4, 0.5) is 0 Å². The molecule has 14 heteroatoms. The molecule has 0 spiro atoms. The van der Waals surface area contributed by atoms with Gasteiger partial charge in [-0.05, 0) is 53.6 Å². The third kappa shape index (κ3) is 9.62.